The first-order chi connectivity index (χ1) is 14.2. The molecule has 1 aromatic heterocycles. The van der Waals surface area contributed by atoms with E-state index in [0.717, 1.165) is 18.4 Å². The van der Waals surface area contributed by atoms with Gasteiger partial charge in [-0.25, -0.2) is 4.98 Å². The van der Waals surface area contributed by atoms with Crippen LogP contribution in [0, 0.1) is 5.92 Å². The number of nitrogens with zero attached hydrogens (tertiary/aromatic N) is 3. The molecule has 0 aliphatic carbocycles. The van der Waals surface area contributed by atoms with Gasteiger partial charge in [-0.05, 0) is 42.5 Å². The summed E-state index contributed by atoms with van der Waals surface area (Å²) in [5, 5.41) is 10.6. The van der Waals surface area contributed by atoms with Crippen LogP contribution >= 0.6 is 0 Å². The Kier molecular flexibility index (Phi) is 5.81. The molecule has 1 N–H and O–H groups in total. The van der Waals surface area contributed by atoms with E-state index in [2.05, 4.69) is 9.97 Å². The number of amides is 1. The quantitative estimate of drug-likeness (QED) is 0.717. The second kappa shape index (κ2) is 8.84. The fourth-order valence-electron chi connectivity index (χ4n) is 3.67. The number of carbonyl (C=O) groups excluding carboxylic acids is 1. The Morgan fingerprint density at radius 1 is 1.07 bits per heavy atom. The number of hydrogen-bond acceptors (Lipinski definition) is 5. The number of piperidine rings is 1. The molecule has 148 valence electrons. The highest BCUT2D eigenvalue weighted by Crippen LogP contribution is 2.31. The normalized spacial score (nSPS) is 15.7. The van der Waals surface area contributed by atoms with Crippen molar-refractivity contribution < 1.29 is 14.6 Å². The van der Waals surface area contributed by atoms with Crippen molar-refractivity contribution in [3.63, 3.8) is 0 Å². The van der Waals surface area contributed by atoms with Crippen LogP contribution in [-0.2, 0) is 0 Å². The van der Waals surface area contributed by atoms with Gasteiger partial charge in [0, 0.05) is 31.0 Å². The van der Waals surface area contributed by atoms with Crippen molar-refractivity contribution in [1.29, 1.82) is 0 Å². The number of likely N-dealkylation sites (tertiary alicyclic amines) is 1. The molecule has 1 aliphatic heterocycles. The SMILES string of the molecule is O=C(c1cccc(Oc2cnccn2)c1)N1CCC(C(O)c2ccccc2)CC1. The number of aliphatic hydroxyl groups is 1. The highest BCUT2D eigenvalue weighted by atomic mass is 16.5. The minimum Gasteiger partial charge on any atom is -0.437 e. The molecule has 0 radical (unpaired) electrons. The Morgan fingerprint density at radius 2 is 1.86 bits per heavy atom. The second-order valence-corrected chi connectivity index (χ2v) is 7.16. The number of benzene rings is 2. The lowest BCUT2D eigenvalue weighted by Gasteiger charge is -2.34. The molecule has 0 saturated carbocycles. The number of hydrogen-bond donors (Lipinski definition) is 1. The molecule has 2 heterocycles. The molecule has 4 rings (SSSR count). The zero-order valence-electron chi connectivity index (χ0n) is 16.0. The third kappa shape index (κ3) is 4.60. The van der Waals surface area contributed by atoms with Gasteiger partial charge in [0.05, 0.1) is 12.3 Å². The first-order valence-corrected chi connectivity index (χ1v) is 9.77. The predicted molar refractivity (Wildman–Crippen MR) is 109 cm³/mol. The van der Waals surface area contributed by atoms with Crippen LogP contribution in [0.4, 0.5) is 0 Å². The molecule has 1 aliphatic rings. The summed E-state index contributed by atoms with van der Waals surface area (Å²) in [7, 11) is 0. The summed E-state index contributed by atoms with van der Waals surface area (Å²) in [6.45, 7) is 1.26. The molecule has 1 fully saturated rings. The van der Waals surface area contributed by atoms with Crippen LogP contribution in [0.2, 0.25) is 0 Å². The Bertz CT molecular complexity index is 942. The average molecular weight is 389 g/mol. The lowest BCUT2D eigenvalue weighted by molar-refractivity contribution is 0.0462. The minimum atomic E-state index is -0.489. The molecule has 6 heteroatoms. The lowest BCUT2D eigenvalue weighted by atomic mass is 9.87. The summed E-state index contributed by atoms with van der Waals surface area (Å²) in [5.74, 6) is 1.06. The van der Waals surface area contributed by atoms with Crippen LogP contribution in [0.15, 0.2) is 73.2 Å². The van der Waals surface area contributed by atoms with Gasteiger partial charge in [0.2, 0.25) is 5.88 Å². The largest absolute Gasteiger partial charge is 0.437 e. The lowest BCUT2D eigenvalue weighted by Crippen LogP contribution is -2.39. The van der Waals surface area contributed by atoms with E-state index in [4.69, 9.17) is 4.74 Å². The summed E-state index contributed by atoms with van der Waals surface area (Å²) < 4.78 is 5.68. The first kappa shape index (κ1) is 19.1. The maximum Gasteiger partial charge on any atom is 0.253 e. The Morgan fingerprint density at radius 3 is 2.59 bits per heavy atom. The van der Waals surface area contributed by atoms with Gasteiger partial charge in [-0.1, -0.05) is 36.4 Å². The van der Waals surface area contributed by atoms with Gasteiger partial charge in [-0.3, -0.25) is 9.78 Å². The molecule has 1 unspecified atom stereocenters. The van der Waals surface area contributed by atoms with Crippen molar-refractivity contribution in [2.75, 3.05) is 13.1 Å². The molecule has 0 spiro atoms. The van der Waals surface area contributed by atoms with Crippen molar-refractivity contribution in [1.82, 2.24) is 14.9 Å². The molecule has 29 heavy (non-hydrogen) atoms. The molecule has 2 aromatic carbocycles. The van der Waals surface area contributed by atoms with Gasteiger partial charge in [0.15, 0.2) is 0 Å². The molecule has 3 aromatic rings. The van der Waals surface area contributed by atoms with Gasteiger partial charge in [0.25, 0.3) is 5.91 Å². The standard InChI is InChI=1S/C23H23N3O3/c27-22(17-5-2-1-3-6-17)18-9-13-26(14-10-18)23(28)19-7-4-8-20(15-19)29-21-16-24-11-12-25-21/h1-8,11-12,15-16,18,22,27H,9-10,13-14H2. The van der Waals surface area contributed by atoms with E-state index in [9.17, 15) is 9.90 Å². The number of aromatic nitrogens is 2. The van der Waals surface area contributed by atoms with Crippen molar-refractivity contribution in [2.45, 2.75) is 18.9 Å². The van der Waals surface area contributed by atoms with Crippen molar-refractivity contribution in [3.8, 4) is 11.6 Å². The van der Waals surface area contributed by atoms with E-state index in [-0.39, 0.29) is 11.8 Å². The van der Waals surface area contributed by atoms with Crippen LogP contribution in [0.3, 0.4) is 0 Å². The molecule has 1 saturated heterocycles. The van der Waals surface area contributed by atoms with Gasteiger partial charge in [0.1, 0.15) is 5.75 Å². The molecule has 1 amide bonds. The third-order valence-electron chi connectivity index (χ3n) is 5.26. The zero-order chi connectivity index (χ0) is 20.1. The first-order valence-electron chi connectivity index (χ1n) is 9.77. The maximum atomic E-state index is 12.9. The van der Waals surface area contributed by atoms with Crippen LogP contribution < -0.4 is 4.74 Å². The number of aliphatic hydroxyl groups excluding tert-OH is 1. The summed E-state index contributed by atoms with van der Waals surface area (Å²) in [4.78, 5) is 22.8. The summed E-state index contributed by atoms with van der Waals surface area (Å²) in [6, 6.07) is 16.8. The van der Waals surface area contributed by atoms with Crippen molar-refractivity contribution in [2.24, 2.45) is 5.92 Å². The molecular weight excluding hydrogens is 366 g/mol. The third-order valence-corrected chi connectivity index (χ3v) is 5.26. The fraction of sp³-hybridized carbons (Fsp3) is 0.261. The number of carbonyl (C=O) groups is 1. The van der Waals surface area contributed by atoms with Crippen molar-refractivity contribution in [3.05, 3.63) is 84.3 Å². The van der Waals surface area contributed by atoms with E-state index >= 15 is 0 Å². The molecule has 0 bridgehead atoms. The number of rotatable bonds is 5. The van der Waals surface area contributed by atoms with E-state index in [1.807, 2.05) is 35.2 Å². The van der Waals surface area contributed by atoms with Crippen LogP contribution in [0.25, 0.3) is 0 Å². The van der Waals surface area contributed by atoms with E-state index in [1.165, 1.54) is 6.20 Å². The van der Waals surface area contributed by atoms with Crippen LogP contribution in [0.1, 0.15) is 34.9 Å². The van der Waals surface area contributed by atoms with Crippen molar-refractivity contribution >= 4 is 5.91 Å². The monoisotopic (exact) mass is 389 g/mol. The Hall–Kier alpha value is -3.25. The number of ether oxygens (including phenoxy) is 1. The highest BCUT2D eigenvalue weighted by molar-refractivity contribution is 5.94. The molecule has 1 atom stereocenters. The van der Waals surface area contributed by atoms with Gasteiger partial charge in [-0.15, -0.1) is 0 Å². The highest BCUT2D eigenvalue weighted by Gasteiger charge is 2.28. The maximum absolute atomic E-state index is 12.9. The Balaban J connectivity index is 1.38. The minimum absolute atomic E-state index is 0.0257. The summed E-state index contributed by atoms with van der Waals surface area (Å²) >= 11 is 0. The van der Waals surface area contributed by atoms with Crippen LogP contribution in [-0.4, -0.2) is 39.0 Å². The topological polar surface area (TPSA) is 75.5 Å². The Labute approximate surface area is 169 Å². The summed E-state index contributed by atoms with van der Waals surface area (Å²) in [6.07, 6.45) is 5.72. The predicted octanol–water partition coefficient (Wildman–Crippen LogP) is 3.85. The van der Waals surface area contributed by atoms with Gasteiger partial charge < -0.3 is 14.7 Å². The van der Waals surface area contributed by atoms with Gasteiger partial charge >= 0.3 is 0 Å². The molecular formula is C23H23N3O3. The zero-order valence-corrected chi connectivity index (χ0v) is 16.0. The average Bonchev–Trinajstić information content (AvgIpc) is 2.80. The fourth-order valence-corrected chi connectivity index (χ4v) is 3.67. The van der Waals surface area contributed by atoms with E-state index in [0.29, 0.717) is 30.3 Å². The van der Waals surface area contributed by atoms with E-state index < -0.39 is 6.10 Å². The van der Waals surface area contributed by atoms with Crippen LogP contribution in [0.5, 0.6) is 11.6 Å². The summed E-state index contributed by atoms with van der Waals surface area (Å²) in [5.41, 5.74) is 1.51. The smallest absolute Gasteiger partial charge is 0.253 e. The second-order valence-electron chi connectivity index (χ2n) is 7.16. The van der Waals surface area contributed by atoms with Gasteiger partial charge in [-0.2, -0.15) is 0 Å². The molecule has 6 nitrogen and oxygen atoms in total. The van der Waals surface area contributed by atoms with E-state index in [1.54, 1.807) is 36.7 Å².